The van der Waals surface area contributed by atoms with E-state index in [2.05, 4.69) is 5.32 Å². The SMILES string of the molecule is CCC(NC(=O)C1CC(=O)N(c2cc(C)ccc2OC)C1)C(=O)O. The normalized spacial score (nSPS) is 18.4. The molecule has 130 valence electrons. The Balaban J connectivity index is 2.15. The van der Waals surface area contributed by atoms with Crippen molar-refractivity contribution in [1.82, 2.24) is 5.32 Å². The summed E-state index contributed by atoms with van der Waals surface area (Å²) in [6, 6.07) is 4.56. The van der Waals surface area contributed by atoms with Gasteiger partial charge in [-0.15, -0.1) is 0 Å². The monoisotopic (exact) mass is 334 g/mol. The zero-order chi connectivity index (χ0) is 17.9. The van der Waals surface area contributed by atoms with Crippen molar-refractivity contribution in [3.63, 3.8) is 0 Å². The molecule has 2 amide bonds. The van der Waals surface area contributed by atoms with Crippen LogP contribution in [0.4, 0.5) is 5.69 Å². The van der Waals surface area contributed by atoms with Gasteiger partial charge in [0.1, 0.15) is 11.8 Å². The van der Waals surface area contributed by atoms with Gasteiger partial charge in [-0.05, 0) is 31.0 Å². The number of amides is 2. The van der Waals surface area contributed by atoms with Crippen LogP contribution in [0.1, 0.15) is 25.3 Å². The van der Waals surface area contributed by atoms with E-state index in [9.17, 15) is 14.4 Å². The highest BCUT2D eigenvalue weighted by Gasteiger charge is 2.37. The van der Waals surface area contributed by atoms with Crippen LogP contribution in [0.3, 0.4) is 0 Å². The number of carboxylic acid groups (broad SMARTS) is 1. The number of benzene rings is 1. The first-order valence-electron chi connectivity index (χ1n) is 7.85. The largest absolute Gasteiger partial charge is 0.495 e. The van der Waals surface area contributed by atoms with Crippen molar-refractivity contribution in [2.24, 2.45) is 5.92 Å². The molecule has 1 aromatic carbocycles. The molecule has 24 heavy (non-hydrogen) atoms. The van der Waals surface area contributed by atoms with E-state index < -0.39 is 23.8 Å². The summed E-state index contributed by atoms with van der Waals surface area (Å²) in [7, 11) is 1.53. The second kappa shape index (κ2) is 7.33. The van der Waals surface area contributed by atoms with Gasteiger partial charge < -0.3 is 20.1 Å². The van der Waals surface area contributed by atoms with Crippen molar-refractivity contribution in [1.29, 1.82) is 0 Å². The second-order valence-electron chi connectivity index (χ2n) is 5.89. The summed E-state index contributed by atoms with van der Waals surface area (Å²) in [6.07, 6.45) is 0.343. The highest BCUT2D eigenvalue weighted by molar-refractivity contribution is 6.01. The zero-order valence-corrected chi connectivity index (χ0v) is 14.0. The van der Waals surface area contributed by atoms with E-state index in [-0.39, 0.29) is 25.3 Å². The number of nitrogens with zero attached hydrogens (tertiary/aromatic N) is 1. The van der Waals surface area contributed by atoms with Gasteiger partial charge in [0.15, 0.2) is 0 Å². The molecule has 2 unspecified atom stereocenters. The number of anilines is 1. The molecule has 0 aromatic heterocycles. The maximum absolute atomic E-state index is 12.3. The number of aliphatic carboxylic acids is 1. The van der Waals surface area contributed by atoms with Crippen LogP contribution in [-0.2, 0) is 14.4 Å². The number of rotatable bonds is 6. The smallest absolute Gasteiger partial charge is 0.326 e. The Hall–Kier alpha value is -2.57. The van der Waals surface area contributed by atoms with Gasteiger partial charge >= 0.3 is 5.97 Å². The van der Waals surface area contributed by atoms with E-state index >= 15 is 0 Å². The Morgan fingerprint density at radius 1 is 1.46 bits per heavy atom. The average Bonchev–Trinajstić information content (AvgIpc) is 2.93. The summed E-state index contributed by atoms with van der Waals surface area (Å²) in [5.41, 5.74) is 1.60. The lowest BCUT2D eigenvalue weighted by molar-refractivity contribution is -0.142. The first kappa shape index (κ1) is 17.8. The van der Waals surface area contributed by atoms with E-state index in [0.717, 1.165) is 5.56 Å². The summed E-state index contributed by atoms with van der Waals surface area (Å²) >= 11 is 0. The molecule has 2 atom stereocenters. The van der Waals surface area contributed by atoms with Crippen LogP contribution in [0.2, 0.25) is 0 Å². The minimum atomic E-state index is -1.08. The van der Waals surface area contributed by atoms with Crippen molar-refractivity contribution in [2.45, 2.75) is 32.7 Å². The van der Waals surface area contributed by atoms with Gasteiger partial charge in [0, 0.05) is 13.0 Å². The molecular formula is C17H22N2O5. The summed E-state index contributed by atoms with van der Waals surface area (Å²) < 4.78 is 5.30. The minimum Gasteiger partial charge on any atom is -0.495 e. The lowest BCUT2D eigenvalue weighted by atomic mass is 10.1. The predicted molar refractivity (Wildman–Crippen MR) is 88.0 cm³/mol. The van der Waals surface area contributed by atoms with Gasteiger partial charge in [0.2, 0.25) is 11.8 Å². The number of methoxy groups -OCH3 is 1. The summed E-state index contributed by atoms with van der Waals surface area (Å²) in [4.78, 5) is 37.2. The fourth-order valence-electron chi connectivity index (χ4n) is 2.75. The van der Waals surface area contributed by atoms with Crippen molar-refractivity contribution in [3.05, 3.63) is 23.8 Å². The van der Waals surface area contributed by atoms with Crippen molar-refractivity contribution >= 4 is 23.5 Å². The van der Waals surface area contributed by atoms with Gasteiger partial charge in [-0.25, -0.2) is 4.79 Å². The zero-order valence-electron chi connectivity index (χ0n) is 14.0. The lowest BCUT2D eigenvalue weighted by Gasteiger charge is -2.20. The van der Waals surface area contributed by atoms with Crippen molar-refractivity contribution in [3.8, 4) is 5.75 Å². The number of nitrogens with one attached hydrogen (secondary N) is 1. The molecule has 2 N–H and O–H groups in total. The standard InChI is InChI=1S/C17H22N2O5/c1-4-12(17(22)23)18-16(21)11-8-15(20)19(9-11)13-7-10(2)5-6-14(13)24-3/h5-7,11-12H,4,8-9H2,1-3H3,(H,18,21)(H,22,23). The molecular weight excluding hydrogens is 312 g/mol. The summed E-state index contributed by atoms with van der Waals surface area (Å²) in [5.74, 6) is -1.68. The molecule has 1 saturated heterocycles. The number of carboxylic acids is 1. The van der Waals surface area contributed by atoms with Crippen LogP contribution in [0.5, 0.6) is 5.75 Å². The van der Waals surface area contributed by atoms with Gasteiger partial charge in [0.25, 0.3) is 0 Å². The van der Waals surface area contributed by atoms with Crippen LogP contribution in [0, 0.1) is 12.8 Å². The molecule has 0 saturated carbocycles. The first-order chi connectivity index (χ1) is 11.4. The van der Waals surface area contributed by atoms with E-state index in [1.165, 1.54) is 12.0 Å². The third-order valence-electron chi connectivity index (χ3n) is 4.14. The van der Waals surface area contributed by atoms with Gasteiger partial charge in [0.05, 0.1) is 18.7 Å². The highest BCUT2D eigenvalue weighted by Crippen LogP contribution is 2.33. The van der Waals surface area contributed by atoms with Crippen molar-refractivity contribution < 1.29 is 24.2 Å². The Kier molecular flexibility index (Phi) is 5.43. The third kappa shape index (κ3) is 3.67. The fourth-order valence-corrected chi connectivity index (χ4v) is 2.75. The van der Waals surface area contributed by atoms with E-state index in [1.807, 2.05) is 19.1 Å². The maximum Gasteiger partial charge on any atom is 0.326 e. The van der Waals surface area contributed by atoms with Crippen LogP contribution in [0.15, 0.2) is 18.2 Å². The second-order valence-corrected chi connectivity index (χ2v) is 5.89. The highest BCUT2D eigenvalue weighted by atomic mass is 16.5. The Morgan fingerprint density at radius 2 is 2.17 bits per heavy atom. The number of hydrogen-bond donors (Lipinski definition) is 2. The molecule has 0 radical (unpaired) electrons. The predicted octanol–water partition coefficient (Wildman–Crippen LogP) is 1.34. The quantitative estimate of drug-likeness (QED) is 0.818. The molecule has 7 heteroatoms. The molecule has 1 aliphatic heterocycles. The summed E-state index contributed by atoms with van der Waals surface area (Å²) in [6.45, 7) is 3.80. The Bertz CT molecular complexity index is 658. The van der Waals surface area contributed by atoms with Crippen molar-refractivity contribution in [2.75, 3.05) is 18.6 Å². The van der Waals surface area contributed by atoms with Crippen LogP contribution < -0.4 is 15.0 Å². The lowest BCUT2D eigenvalue weighted by Crippen LogP contribution is -2.43. The Morgan fingerprint density at radius 3 is 2.75 bits per heavy atom. The Labute approximate surface area is 140 Å². The van der Waals surface area contributed by atoms with E-state index in [0.29, 0.717) is 11.4 Å². The number of carbonyl (C=O) groups is 3. The molecule has 1 heterocycles. The fraction of sp³-hybridized carbons (Fsp3) is 0.471. The average molecular weight is 334 g/mol. The topological polar surface area (TPSA) is 95.9 Å². The molecule has 0 bridgehead atoms. The molecule has 0 spiro atoms. The van der Waals surface area contributed by atoms with Crippen LogP contribution >= 0.6 is 0 Å². The van der Waals surface area contributed by atoms with Gasteiger partial charge in [-0.2, -0.15) is 0 Å². The molecule has 1 aromatic rings. The van der Waals surface area contributed by atoms with Gasteiger partial charge in [-0.1, -0.05) is 13.0 Å². The third-order valence-corrected chi connectivity index (χ3v) is 4.14. The van der Waals surface area contributed by atoms with Crippen LogP contribution in [0.25, 0.3) is 0 Å². The summed E-state index contributed by atoms with van der Waals surface area (Å²) in [5, 5.41) is 11.5. The minimum absolute atomic E-state index is 0.0545. The van der Waals surface area contributed by atoms with E-state index in [4.69, 9.17) is 9.84 Å². The van der Waals surface area contributed by atoms with E-state index in [1.54, 1.807) is 13.0 Å². The van der Waals surface area contributed by atoms with Gasteiger partial charge in [-0.3, -0.25) is 9.59 Å². The molecule has 1 aliphatic rings. The molecule has 0 aliphatic carbocycles. The molecule has 1 fully saturated rings. The number of carbonyl (C=O) groups excluding carboxylic acids is 2. The number of aryl methyl sites for hydroxylation is 1. The number of hydrogen-bond acceptors (Lipinski definition) is 4. The maximum atomic E-state index is 12.3. The van der Waals surface area contributed by atoms with Crippen LogP contribution in [-0.4, -0.2) is 42.6 Å². The molecule has 7 nitrogen and oxygen atoms in total. The number of ether oxygens (including phenoxy) is 1. The molecule has 2 rings (SSSR count). The first-order valence-corrected chi connectivity index (χ1v) is 7.85.